The summed E-state index contributed by atoms with van der Waals surface area (Å²) in [5.74, 6) is -1.09. The quantitative estimate of drug-likeness (QED) is 0.739. The molecule has 0 bridgehead atoms. The average molecular weight is 408 g/mol. The van der Waals surface area contributed by atoms with E-state index in [9.17, 15) is 14.4 Å². The maximum atomic E-state index is 12.4. The van der Waals surface area contributed by atoms with Crippen LogP contribution in [-0.2, 0) is 14.3 Å². The fraction of sp³-hybridized carbons (Fsp3) is 0.318. The summed E-state index contributed by atoms with van der Waals surface area (Å²) in [6.45, 7) is 0.427. The number of benzene rings is 2. The average Bonchev–Trinajstić information content (AvgIpc) is 3.23. The van der Waals surface area contributed by atoms with Gasteiger partial charge in [-0.15, -0.1) is 0 Å². The molecule has 0 spiro atoms. The Morgan fingerprint density at radius 2 is 1.97 bits per heavy atom. The highest BCUT2D eigenvalue weighted by Crippen LogP contribution is 2.37. The second-order valence-corrected chi connectivity index (χ2v) is 7.64. The van der Waals surface area contributed by atoms with Gasteiger partial charge in [0.15, 0.2) is 6.61 Å². The summed E-state index contributed by atoms with van der Waals surface area (Å²) >= 11 is 0. The molecule has 2 aliphatic heterocycles. The van der Waals surface area contributed by atoms with Crippen LogP contribution < -0.4 is 20.4 Å². The molecule has 2 aromatic rings. The highest BCUT2D eigenvalue weighted by atomic mass is 16.5. The highest BCUT2D eigenvalue weighted by molar-refractivity contribution is 6.05. The smallest absolute Gasteiger partial charge is 0.338 e. The third-order valence-electron chi connectivity index (χ3n) is 5.36. The van der Waals surface area contributed by atoms with E-state index in [0.717, 1.165) is 30.8 Å². The summed E-state index contributed by atoms with van der Waals surface area (Å²) in [6.07, 6.45) is 1.80. The largest absolute Gasteiger partial charge is 0.452 e. The normalized spacial score (nSPS) is 16.9. The number of rotatable bonds is 5. The molecule has 8 nitrogen and oxygen atoms in total. The SMILES string of the molecule is CN(C)c1ccc(NC(=O)COC(=O)c2ccc3c(c2)NC(=O)[C@@H]2CCCN32)cc1. The number of esters is 1. The lowest BCUT2D eigenvalue weighted by molar-refractivity contribution is -0.119. The molecule has 0 aliphatic carbocycles. The Balaban J connectivity index is 1.36. The maximum Gasteiger partial charge on any atom is 0.338 e. The van der Waals surface area contributed by atoms with Crippen LogP contribution >= 0.6 is 0 Å². The van der Waals surface area contributed by atoms with Gasteiger partial charge < -0.3 is 25.2 Å². The van der Waals surface area contributed by atoms with Crippen LogP contribution in [0.4, 0.5) is 22.7 Å². The Bertz CT molecular complexity index is 987. The predicted molar refractivity (Wildman–Crippen MR) is 115 cm³/mol. The van der Waals surface area contributed by atoms with Crippen LogP contribution in [0.25, 0.3) is 0 Å². The van der Waals surface area contributed by atoms with Crippen LogP contribution in [0.15, 0.2) is 42.5 Å². The van der Waals surface area contributed by atoms with Crippen molar-refractivity contribution in [1.82, 2.24) is 0 Å². The highest BCUT2D eigenvalue weighted by Gasteiger charge is 2.36. The van der Waals surface area contributed by atoms with Crippen molar-refractivity contribution in [3.8, 4) is 0 Å². The monoisotopic (exact) mass is 408 g/mol. The molecule has 2 heterocycles. The molecule has 1 fully saturated rings. The molecule has 0 aromatic heterocycles. The standard InChI is InChI=1S/C22H24N4O4/c1-25(2)16-8-6-15(7-9-16)23-20(27)13-30-22(29)14-5-10-18-17(12-14)24-21(28)19-4-3-11-26(18)19/h5-10,12,19H,3-4,11,13H2,1-2H3,(H,23,27)(H,24,28)/t19-/m0/s1. The van der Waals surface area contributed by atoms with Gasteiger partial charge in [0.2, 0.25) is 5.91 Å². The first-order valence-electron chi connectivity index (χ1n) is 9.88. The number of anilines is 4. The Hall–Kier alpha value is -3.55. The van der Waals surface area contributed by atoms with Gasteiger partial charge in [-0.2, -0.15) is 0 Å². The molecule has 2 aromatic carbocycles. The van der Waals surface area contributed by atoms with E-state index in [1.54, 1.807) is 24.3 Å². The number of nitrogens with zero attached hydrogens (tertiary/aromatic N) is 2. The summed E-state index contributed by atoms with van der Waals surface area (Å²) in [4.78, 5) is 40.8. The maximum absolute atomic E-state index is 12.4. The van der Waals surface area contributed by atoms with Gasteiger partial charge in [-0.3, -0.25) is 9.59 Å². The van der Waals surface area contributed by atoms with Crippen LogP contribution in [-0.4, -0.2) is 51.1 Å². The van der Waals surface area contributed by atoms with Crippen molar-refractivity contribution < 1.29 is 19.1 Å². The van der Waals surface area contributed by atoms with E-state index in [1.807, 2.05) is 37.2 Å². The molecule has 4 rings (SSSR count). The number of ether oxygens (including phenoxy) is 1. The summed E-state index contributed by atoms with van der Waals surface area (Å²) in [6, 6.07) is 12.3. The first-order chi connectivity index (χ1) is 14.4. The summed E-state index contributed by atoms with van der Waals surface area (Å²) in [5.41, 5.74) is 3.43. The topological polar surface area (TPSA) is 91.0 Å². The molecule has 2 amide bonds. The first-order valence-corrected chi connectivity index (χ1v) is 9.88. The van der Waals surface area contributed by atoms with Crippen molar-refractivity contribution in [1.29, 1.82) is 0 Å². The van der Waals surface area contributed by atoms with Crippen molar-refractivity contribution in [2.45, 2.75) is 18.9 Å². The van der Waals surface area contributed by atoms with Crippen molar-refractivity contribution in [2.24, 2.45) is 0 Å². The Morgan fingerprint density at radius 1 is 1.20 bits per heavy atom. The fourth-order valence-electron chi connectivity index (χ4n) is 3.81. The summed E-state index contributed by atoms with van der Waals surface area (Å²) in [7, 11) is 3.87. The summed E-state index contributed by atoms with van der Waals surface area (Å²) in [5, 5.41) is 5.56. The molecule has 1 atom stereocenters. The van der Waals surface area contributed by atoms with E-state index in [4.69, 9.17) is 4.74 Å². The number of amides is 2. The molecule has 8 heteroatoms. The lowest BCUT2D eigenvalue weighted by atomic mass is 10.1. The minimum Gasteiger partial charge on any atom is -0.452 e. The minimum atomic E-state index is -0.617. The molecular weight excluding hydrogens is 384 g/mol. The molecule has 0 unspecified atom stereocenters. The van der Waals surface area contributed by atoms with Crippen LogP contribution in [0.3, 0.4) is 0 Å². The zero-order valence-corrected chi connectivity index (χ0v) is 17.0. The number of carbonyl (C=O) groups excluding carboxylic acids is 3. The predicted octanol–water partition coefficient (Wildman–Crippen LogP) is 2.47. The van der Waals surface area contributed by atoms with Gasteiger partial charge in [-0.05, 0) is 55.3 Å². The Kier molecular flexibility index (Phi) is 5.31. The molecule has 2 aliphatic rings. The molecular formula is C22H24N4O4. The first kappa shape index (κ1) is 19.8. The third kappa shape index (κ3) is 3.94. The van der Waals surface area contributed by atoms with Crippen molar-refractivity contribution in [2.75, 3.05) is 47.7 Å². The summed E-state index contributed by atoms with van der Waals surface area (Å²) < 4.78 is 5.14. The van der Waals surface area contributed by atoms with Gasteiger partial charge >= 0.3 is 5.97 Å². The molecule has 2 N–H and O–H groups in total. The zero-order chi connectivity index (χ0) is 21.3. The minimum absolute atomic E-state index is 0.0508. The van der Waals surface area contributed by atoms with Crippen molar-refractivity contribution in [3.05, 3.63) is 48.0 Å². The number of carbonyl (C=O) groups is 3. The third-order valence-corrected chi connectivity index (χ3v) is 5.36. The van der Waals surface area contributed by atoms with Crippen molar-refractivity contribution >= 4 is 40.5 Å². The van der Waals surface area contributed by atoms with E-state index in [0.29, 0.717) is 11.4 Å². The van der Waals surface area contributed by atoms with Crippen LogP contribution in [0, 0.1) is 0 Å². The Morgan fingerprint density at radius 3 is 2.70 bits per heavy atom. The second kappa shape index (κ2) is 8.06. The number of nitrogens with one attached hydrogen (secondary N) is 2. The van der Waals surface area contributed by atoms with Crippen molar-refractivity contribution in [3.63, 3.8) is 0 Å². The molecule has 0 radical (unpaired) electrons. The van der Waals surface area contributed by atoms with E-state index in [1.165, 1.54) is 0 Å². The molecule has 0 saturated carbocycles. The zero-order valence-electron chi connectivity index (χ0n) is 17.0. The van der Waals surface area contributed by atoms with Gasteiger partial charge in [-0.1, -0.05) is 0 Å². The Labute approximate surface area is 174 Å². The van der Waals surface area contributed by atoms with Gasteiger partial charge in [0, 0.05) is 32.0 Å². The van der Waals surface area contributed by atoms with E-state index in [-0.39, 0.29) is 17.5 Å². The van der Waals surface area contributed by atoms with Gasteiger partial charge in [-0.25, -0.2) is 4.79 Å². The van der Waals surface area contributed by atoms with Crippen LogP contribution in [0.1, 0.15) is 23.2 Å². The number of hydrogen-bond donors (Lipinski definition) is 2. The van der Waals surface area contributed by atoms with Gasteiger partial charge in [0.05, 0.1) is 16.9 Å². The number of hydrogen-bond acceptors (Lipinski definition) is 6. The second-order valence-electron chi connectivity index (χ2n) is 7.64. The molecule has 30 heavy (non-hydrogen) atoms. The van der Waals surface area contributed by atoms with Gasteiger partial charge in [0.25, 0.3) is 5.91 Å². The van der Waals surface area contributed by atoms with E-state index < -0.39 is 18.5 Å². The van der Waals surface area contributed by atoms with E-state index >= 15 is 0 Å². The van der Waals surface area contributed by atoms with Crippen LogP contribution in [0.5, 0.6) is 0 Å². The lowest BCUT2D eigenvalue weighted by Gasteiger charge is -2.33. The van der Waals surface area contributed by atoms with Crippen LogP contribution in [0.2, 0.25) is 0 Å². The molecule has 156 valence electrons. The lowest BCUT2D eigenvalue weighted by Crippen LogP contribution is -2.43. The van der Waals surface area contributed by atoms with Gasteiger partial charge in [0.1, 0.15) is 6.04 Å². The molecule has 1 saturated heterocycles. The number of fused-ring (bicyclic) bond motifs is 3. The fourth-order valence-corrected chi connectivity index (χ4v) is 3.81. The van der Waals surface area contributed by atoms with E-state index in [2.05, 4.69) is 15.5 Å².